The van der Waals surface area contributed by atoms with Crippen LogP contribution in [0, 0.1) is 0 Å². The molecule has 1 N–H and O–H groups in total. The van der Waals surface area contributed by atoms with Crippen LogP contribution in [-0.2, 0) is 10.0 Å². The van der Waals surface area contributed by atoms with Crippen molar-refractivity contribution in [3.8, 4) is 5.82 Å². The van der Waals surface area contributed by atoms with Crippen LogP contribution in [0.3, 0.4) is 0 Å². The second kappa shape index (κ2) is 7.76. The fourth-order valence-corrected chi connectivity index (χ4v) is 4.27. The summed E-state index contributed by atoms with van der Waals surface area (Å²) in [5.74, 6) is 0.353. The Labute approximate surface area is 142 Å². The second-order valence-corrected chi connectivity index (χ2v) is 7.58. The van der Waals surface area contributed by atoms with Gasteiger partial charge in [-0.3, -0.25) is 9.89 Å². The van der Waals surface area contributed by atoms with Gasteiger partial charge in [0.2, 0.25) is 10.0 Å². The summed E-state index contributed by atoms with van der Waals surface area (Å²) in [7, 11) is -3.60. The highest BCUT2D eigenvalue weighted by atomic mass is 32.2. The highest BCUT2D eigenvalue weighted by Crippen LogP contribution is 2.20. The van der Waals surface area contributed by atoms with Gasteiger partial charge in [0.05, 0.1) is 0 Å². The summed E-state index contributed by atoms with van der Waals surface area (Å²) in [5, 5.41) is 2.74. The van der Waals surface area contributed by atoms with Gasteiger partial charge >= 0.3 is 0 Å². The van der Waals surface area contributed by atoms with Crippen molar-refractivity contribution in [2.24, 2.45) is 0 Å². The molecular weight excluding hydrogens is 328 g/mol. The van der Waals surface area contributed by atoms with Crippen LogP contribution in [0.1, 0.15) is 40.0 Å². The first kappa shape index (κ1) is 18.4. The van der Waals surface area contributed by atoms with E-state index in [2.05, 4.69) is 17.0 Å². The molecule has 0 radical (unpaired) electrons. The molecule has 2 aromatic rings. The van der Waals surface area contributed by atoms with Gasteiger partial charge in [-0.25, -0.2) is 18.1 Å². The van der Waals surface area contributed by atoms with E-state index in [0.29, 0.717) is 12.4 Å². The number of unbranched alkanes of at least 4 members (excludes halogenated alkanes) is 1. The molecule has 0 fully saturated rings. The van der Waals surface area contributed by atoms with E-state index in [9.17, 15) is 13.2 Å². The van der Waals surface area contributed by atoms with Crippen LogP contribution in [0.2, 0.25) is 0 Å². The lowest BCUT2D eigenvalue weighted by Crippen LogP contribution is -2.38. The van der Waals surface area contributed by atoms with Crippen molar-refractivity contribution in [1.29, 1.82) is 0 Å². The fraction of sp³-hybridized carbons (Fsp3) is 0.500. The van der Waals surface area contributed by atoms with E-state index >= 15 is 0 Å². The standard InChI is InChI=1S/C16H24N4O3S/c1-4-6-7-13(3)19(5-2)24(22,23)14-8-9-15(17-12-14)20-16(21)10-11-18-20/h8-13,18H,4-7H2,1-3H3/t13-/m0/s1. The molecule has 2 aromatic heterocycles. The Morgan fingerprint density at radius 2 is 2.04 bits per heavy atom. The monoisotopic (exact) mass is 352 g/mol. The molecule has 0 spiro atoms. The first-order valence-electron chi connectivity index (χ1n) is 8.16. The third-order valence-corrected chi connectivity index (χ3v) is 6.06. The Morgan fingerprint density at radius 1 is 1.29 bits per heavy atom. The van der Waals surface area contributed by atoms with E-state index < -0.39 is 10.0 Å². The van der Waals surface area contributed by atoms with Crippen LogP contribution >= 0.6 is 0 Å². The maximum atomic E-state index is 12.8. The minimum absolute atomic E-state index is 0.0642. The van der Waals surface area contributed by atoms with E-state index in [1.807, 2.05) is 13.8 Å². The van der Waals surface area contributed by atoms with Crippen LogP contribution in [0.5, 0.6) is 0 Å². The zero-order valence-electron chi connectivity index (χ0n) is 14.3. The molecule has 0 aromatic carbocycles. The van der Waals surface area contributed by atoms with E-state index in [-0.39, 0.29) is 16.5 Å². The van der Waals surface area contributed by atoms with Gasteiger partial charge in [0.15, 0.2) is 5.82 Å². The lowest BCUT2D eigenvalue weighted by Gasteiger charge is -2.27. The first-order valence-corrected chi connectivity index (χ1v) is 9.60. The fourth-order valence-electron chi connectivity index (χ4n) is 2.66. The van der Waals surface area contributed by atoms with Gasteiger partial charge in [0.25, 0.3) is 5.56 Å². The molecule has 0 unspecified atom stereocenters. The highest BCUT2D eigenvalue weighted by Gasteiger charge is 2.27. The first-order chi connectivity index (χ1) is 11.4. The van der Waals surface area contributed by atoms with Crippen LogP contribution in [-0.4, -0.2) is 40.1 Å². The maximum absolute atomic E-state index is 12.8. The predicted octanol–water partition coefficient (Wildman–Crippen LogP) is 2.15. The summed E-state index contributed by atoms with van der Waals surface area (Å²) in [6.45, 7) is 6.25. The van der Waals surface area contributed by atoms with Crippen LogP contribution in [0.4, 0.5) is 0 Å². The lowest BCUT2D eigenvalue weighted by molar-refractivity contribution is 0.328. The minimum Gasteiger partial charge on any atom is -0.297 e. The van der Waals surface area contributed by atoms with Crippen molar-refractivity contribution in [3.05, 3.63) is 40.9 Å². The molecule has 0 saturated carbocycles. The number of aromatic nitrogens is 3. The number of H-pyrrole nitrogens is 1. The molecule has 0 amide bonds. The summed E-state index contributed by atoms with van der Waals surface area (Å²) < 4.78 is 28.4. The quantitative estimate of drug-likeness (QED) is 0.788. The molecule has 1 atom stereocenters. The Kier molecular flexibility index (Phi) is 5.95. The summed E-state index contributed by atoms with van der Waals surface area (Å²) in [6, 6.07) is 4.32. The van der Waals surface area contributed by atoms with Gasteiger partial charge in [-0.05, 0) is 25.5 Å². The number of hydrogen-bond donors (Lipinski definition) is 1. The molecule has 0 aliphatic rings. The average Bonchev–Trinajstić information content (AvgIpc) is 2.99. The summed E-state index contributed by atoms with van der Waals surface area (Å²) in [4.78, 5) is 15.9. The van der Waals surface area contributed by atoms with Gasteiger partial charge in [-0.15, -0.1) is 0 Å². The van der Waals surface area contributed by atoms with Crippen LogP contribution in [0.25, 0.3) is 5.82 Å². The third-order valence-electron chi connectivity index (χ3n) is 3.99. The Bertz CT molecular complexity index is 808. The summed E-state index contributed by atoms with van der Waals surface area (Å²) in [6.07, 6.45) is 5.65. The molecule has 0 bridgehead atoms. The number of rotatable bonds is 8. The molecule has 24 heavy (non-hydrogen) atoms. The number of aromatic amines is 1. The Morgan fingerprint density at radius 3 is 2.54 bits per heavy atom. The molecular formula is C16H24N4O3S. The molecule has 0 aliphatic carbocycles. The lowest BCUT2D eigenvalue weighted by atomic mass is 10.1. The second-order valence-electron chi connectivity index (χ2n) is 5.69. The zero-order valence-corrected chi connectivity index (χ0v) is 15.1. The number of hydrogen-bond acceptors (Lipinski definition) is 4. The Balaban J connectivity index is 2.28. The van der Waals surface area contributed by atoms with Gasteiger partial charge in [0, 0.05) is 31.0 Å². The Hall–Kier alpha value is -1.93. The molecule has 0 aliphatic heterocycles. The molecule has 2 heterocycles. The van der Waals surface area contributed by atoms with Gasteiger partial charge in [-0.2, -0.15) is 4.31 Å². The normalized spacial score (nSPS) is 13.3. The van der Waals surface area contributed by atoms with Crippen LogP contribution < -0.4 is 5.56 Å². The van der Waals surface area contributed by atoms with E-state index in [4.69, 9.17) is 0 Å². The molecule has 2 rings (SSSR count). The smallest absolute Gasteiger partial charge is 0.272 e. The van der Waals surface area contributed by atoms with Gasteiger partial charge in [0.1, 0.15) is 4.90 Å². The zero-order chi connectivity index (χ0) is 17.7. The highest BCUT2D eigenvalue weighted by molar-refractivity contribution is 7.89. The predicted molar refractivity (Wildman–Crippen MR) is 92.7 cm³/mol. The number of nitrogens with one attached hydrogen (secondary N) is 1. The third kappa shape index (κ3) is 3.76. The van der Waals surface area contributed by atoms with Gasteiger partial charge in [-0.1, -0.05) is 26.7 Å². The SMILES string of the molecule is CCCC[C@H](C)N(CC)S(=O)(=O)c1ccc(-n2[nH]ccc2=O)nc1. The summed E-state index contributed by atoms with van der Waals surface area (Å²) >= 11 is 0. The number of pyridine rings is 1. The topological polar surface area (TPSA) is 88.1 Å². The van der Waals surface area contributed by atoms with E-state index in [0.717, 1.165) is 19.3 Å². The minimum atomic E-state index is -3.60. The molecule has 0 saturated heterocycles. The molecule has 7 nitrogen and oxygen atoms in total. The van der Waals surface area contributed by atoms with Crippen molar-refractivity contribution in [1.82, 2.24) is 19.1 Å². The van der Waals surface area contributed by atoms with Crippen molar-refractivity contribution in [2.45, 2.75) is 51.0 Å². The van der Waals surface area contributed by atoms with Crippen molar-refractivity contribution in [2.75, 3.05) is 6.54 Å². The molecule has 132 valence electrons. The number of sulfonamides is 1. The van der Waals surface area contributed by atoms with Gasteiger partial charge < -0.3 is 0 Å². The maximum Gasteiger partial charge on any atom is 0.272 e. The summed E-state index contributed by atoms with van der Waals surface area (Å²) in [5.41, 5.74) is -0.249. The van der Waals surface area contributed by atoms with Crippen molar-refractivity contribution < 1.29 is 8.42 Å². The van der Waals surface area contributed by atoms with Crippen LogP contribution in [0.15, 0.2) is 40.3 Å². The number of nitrogens with zero attached hydrogens (tertiary/aromatic N) is 3. The largest absolute Gasteiger partial charge is 0.297 e. The van der Waals surface area contributed by atoms with E-state index in [1.54, 1.807) is 0 Å². The van der Waals surface area contributed by atoms with Crippen molar-refractivity contribution >= 4 is 10.0 Å². The molecule has 8 heteroatoms. The van der Waals surface area contributed by atoms with Crippen molar-refractivity contribution in [3.63, 3.8) is 0 Å². The van der Waals surface area contributed by atoms with E-state index in [1.165, 1.54) is 39.6 Å². The average molecular weight is 352 g/mol.